The Morgan fingerprint density at radius 1 is 0.382 bits per heavy atom. The predicted octanol–water partition coefficient (Wildman–Crippen LogP) is 12.5. The van der Waals surface area contributed by atoms with Crippen molar-refractivity contribution in [1.29, 1.82) is 0 Å². The van der Waals surface area contributed by atoms with Crippen LogP contribution in [0.3, 0.4) is 0 Å². The van der Waals surface area contributed by atoms with E-state index < -0.39 is 0 Å². The molecule has 12 aromatic rings. The molecule has 0 fully saturated rings. The molecule has 0 spiro atoms. The van der Waals surface area contributed by atoms with E-state index in [4.69, 9.17) is 19.4 Å². The molecule has 0 aliphatic rings. The first-order valence-corrected chi connectivity index (χ1v) is 18.3. The summed E-state index contributed by atoms with van der Waals surface area (Å²) in [4.78, 5) is 23.6. The second-order valence-corrected chi connectivity index (χ2v) is 14.1. The monoisotopic (exact) mass is 701 g/mol. The van der Waals surface area contributed by atoms with Crippen molar-refractivity contribution >= 4 is 86.6 Å². The standard InChI is InChI=1S/C49H27N5O/c1-2-8-29-19-30(14-13-28(29)7-1)47-35-15-17-51-24-41(35)48(36-16-18-50-23-40(36)47)45-22-44(53-27-54-45)43-26-52-25-42-39-20-37-33-11-5-3-9-31(33)32-10-4-6-12-34(32)38(37)21-46(39)55-49(42)43/h1-27H. The van der Waals surface area contributed by atoms with Crippen LogP contribution in [0.2, 0.25) is 0 Å². The van der Waals surface area contributed by atoms with Crippen LogP contribution in [0.1, 0.15) is 0 Å². The molecule has 254 valence electrons. The first-order chi connectivity index (χ1) is 27.3. The second kappa shape index (κ2) is 11.5. The fraction of sp³-hybridized carbons (Fsp3) is 0. The second-order valence-electron chi connectivity index (χ2n) is 14.1. The molecule has 6 nitrogen and oxygen atoms in total. The van der Waals surface area contributed by atoms with Gasteiger partial charge >= 0.3 is 0 Å². The molecule has 0 aliphatic carbocycles. The number of aromatic nitrogens is 5. The number of furan rings is 1. The van der Waals surface area contributed by atoms with Gasteiger partial charge in [0.05, 0.1) is 17.0 Å². The zero-order valence-corrected chi connectivity index (χ0v) is 29.2. The fourth-order valence-electron chi connectivity index (χ4n) is 8.76. The first kappa shape index (κ1) is 29.9. The molecule has 6 heteroatoms. The lowest BCUT2D eigenvalue weighted by molar-refractivity contribution is 0.670. The number of nitrogens with zero attached hydrogens (tertiary/aromatic N) is 5. The van der Waals surface area contributed by atoms with Crippen molar-refractivity contribution in [1.82, 2.24) is 24.9 Å². The van der Waals surface area contributed by atoms with Crippen molar-refractivity contribution in [2.45, 2.75) is 0 Å². The molecule has 0 bridgehead atoms. The Hall–Kier alpha value is -7.57. The maximum atomic E-state index is 6.77. The SMILES string of the molecule is c1ccc2cc(-c3c4cnccc4c(-c4cc(-c5cncc6c5oc5cc7c8ccccc8c8ccccc8c7cc56)ncn4)c4cnccc34)ccc2c1. The zero-order valence-electron chi connectivity index (χ0n) is 29.2. The summed E-state index contributed by atoms with van der Waals surface area (Å²) >= 11 is 0. The summed E-state index contributed by atoms with van der Waals surface area (Å²) in [7, 11) is 0. The van der Waals surface area contributed by atoms with E-state index in [0.29, 0.717) is 0 Å². The third kappa shape index (κ3) is 4.39. The molecule has 0 N–H and O–H groups in total. The average Bonchev–Trinajstić information content (AvgIpc) is 3.62. The molecule has 0 unspecified atom stereocenters. The Labute approximate surface area is 313 Å². The Morgan fingerprint density at radius 2 is 1.00 bits per heavy atom. The van der Waals surface area contributed by atoms with Gasteiger partial charge in [0, 0.05) is 64.3 Å². The number of hydrogen-bond donors (Lipinski definition) is 0. The quantitative estimate of drug-likeness (QED) is 0.135. The molecule has 0 radical (unpaired) electrons. The van der Waals surface area contributed by atoms with E-state index in [1.165, 1.54) is 37.7 Å². The van der Waals surface area contributed by atoms with Gasteiger partial charge in [-0.2, -0.15) is 0 Å². The van der Waals surface area contributed by atoms with E-state index in [1.54, 1.807) is 6.33 Å². The van der Waals surface area contributed by atoms with Gasteiger partial charge < -0.3 is 4.42 Å². The Morgan fingerprint density at radius 3 is 1.76 bits per heavy atom. The van der Waals surface area contributed by atoms with Gasteiger partial charge in [-0.3, -0.25) is 15.0 Å². The first-order valence-electron chi connectivity index (χ1n) is 18.3. The van der Waals surface area contributed by atoms with Crippen LogP contribution in [-0.4, -0.2) is 24.9 Å². The van der Waals surface area contributed by atoms with Crippen LogP contribution in [0.4, 0.5) is 0 Å². The largest absolute Gasteiger partial charge is 0.455 e. The van der Waals surface area contributed by atoms with Crippen molar-refractivity contribution in [3.05, 3.63) is 165 Å². The normalized spacial score (nSPS) is 12.0. The smallest absolute Gasteiger partial charge is 0.147 e. The molecule has 55 heavy (non-hydrogen) atoms. The Bertz CT molecular complexity index is 3510. The fourth-order valence-corrected chi connectivity index (χ4v) is 8.76. The molecular formula is C49H27N5O. The molecule has 0 atom stereocenters. The van der Waals surface area contributed by atoms with Crippen LogP contribution in [-0.2, 0) is 0 Å². The Kier molecular flexibility index (Phi) is 6.24. The third-order valence-electron chi connectivity index (χ3n) is 11.2. The van der Waals surface area contributed by atoms with Crippen LogP contribution < -0.4 is 0 Å². The summed E-state index contributed by atoms with van der Waals surface area (Å²) in [5, 5.41) is 15.7. The van der Waals surface area contributed by atoms with Crippen molar-refractivity contribution in [2.24, 2.45) is 0 Å². The number of fused-ring (bicyclic) bond motifs is 12. The summed E-state index contributed by atoms with van der Waals surface area (Å²) in [5.74, 6) is 0. The minimum Gasteiger partial charge on any atom is -0.455 e. The third-order valence-corrected chi connectivity index (χ3v) is 11.2. The van der Waals surface area contributed by atoms with Gasteiger partial charge in [0.15, 0.2) is 0 Å². The molecular weight excluding hydrogens is 675 g/mol. The average molecular weight is 702 g/mol. The van der Waals surface area contributed by atoms with Crippen molar-refractivity contribution < 1.29 is 4.42 Å². The molecule has 12 rings (SSSR count). The molecule has 0 aliphatic heterocycles. The van der Waals surface area contributed by atoms with Crippen molar-refractivity contribution in [2.75, 3.05) is 0 Å². The number of pyridine rings is 3. The van der Waals surface area contributed by atoms with Crippen LogP contribution in [0, 0.1) is 0 Å². The van der Waals surface area contributed by atoms with Gasteiger partial charge in [0.2, 0.25) is 0 Å². The van der Waals surface area contributed by atoms with E-state index >= 15 is 0 Å². The summed E-state index contributed by atoms with van der Waals surface area (Å²) in [6.07, 6.45) is 13.0. The predicted molar refractivity (Wildman–Crippen MR) is 224 cm³/mol. The molecule has 0 amide bonds. The highest BCUT2D eigenvalue weighted by atomic mass is 16.3. The highest BCUT2D eigenvalue weighted by Crippen LogP contribution is 2.45. The summed E-state index contributed by atoms with van der Waals surface area (Å²) in [6, 6.07) is 43.0. The van der Waals surface area contributed by atoms with Gasteiger partial charge in [-0.05, 0) is 101 Å². The zero-order chi connectivity index (χ0) is 36.0. The van der Waals surface area contributed by atoms with Crippen LogP contribution in [0.15, 0.2) is 169 Å². The lowest BCUT2D eigenvalue weighted by atomic mass is 9.88. The van der Waals surface area contributed by atoms with Crippen LogP contribution >= 0.6 is 0 Å². The summed E-state index contributed by atoms with van der Waals surface area (Å²) in [5.41, 5.74) is 7.08. The van der Waals surface area contributed by atoms with E-state index in [9.17, 15) is 0 Å². The van der Waals surface area contributed by atoms with E-state index in [0.717, 1.165) is 82.5 Å². The minimum atomic E-state index is 0.723. The number of rotatable bonds is 3. The molecule has 5 heterocycles. The summed E-state index contributed by atoms with van der Waals surface area (Å²) < 4.78 is 6.77. The highest BCUT2D eigenvalue weighted by Gasteiger charge is 2.21. The van der Waals surface area contributed by atoms with Crippen LogP contribution in [0.25, 0.3) is 120 Å². The van der Waals surface area contributed by atoms with Gasteiger partial charge in [-0.1, -0.05) is 84.9 Å². The minimum absolute atomic E-state index is 0.723. The number of benzene rings is 7. The molecule has 5 aromatic heterocycles. The van der Waals surface area contributed by atoms with Gasteiger partial charge in [-0.15, -0.1) is 0 Å². The lowest BCUT2D eigenvalue weighted by Gasteiger charge is -2.17. The Balaban J connectivity index is 1.08. The van der Waals surface area contributed by atoms with Gasteiger partial charge in [0.1, 0.15) is 17.5 Å². The van der Waals surface area contributed by atoms with Crippen molar-refractivity contribution in [3.63, 3.8) is 0 Å². The van der Waals surface area contributed by atoms with E-state index in [1.807, 2.05) is 43.2 Å². The molecule has 0 saturated carbocycles. The summed E-state index contributed by atoms with van der Waals surface area (Å²) in [6.45, 7) is 0. The van der Waals surface area contributed by atoms with E-state index in [2.05, 4.69) is 125 Å². The molecule has 7 aromatic carbocycles. The van der Waals surface area contributed by atoms with Crippen molar-refractivity contribution in [3.8, 4) is 33.6 Å². The van der Waals surface area contributed by atoms with Gasteiger partial charge in [0.25, 0.3) is 0 Å². The van der Waals surface area contributed by atoms with Gasteiger partial charge in [-0.25, -0.2) is 9.97 Å². The van der Waals surface area contributed by atoms with E-state index in [-0.39, 0.29) is 0 Å². The molecule has 0 saturated heterocycles. The van der Waals surface area contributed by atoms with Crippen LogP contribution in [0.5, 0.6) is 0 Å². The highest BCUT2D eigenvalue weighted by molar-refractivity contribution is 6.28. The number of hydrogen-bond acceptors (Lipinski definition) is 6. The maximum absolute atomic E-state index is 6.77. The lowest BCUT2D eigenvalue weighted by Crippen LogP contribution is -1.95. The topological polar surface area (TPSA) is 77.6 Å². The maximum Gasteiger partial charge on any atom is 0.147 e.